The summed E-state index contributed by atoms with van der Waals surface area (Å²) < 4.78 is 10.1. The molecule has 6 nitrogen and oxygen atoms in total. The molecule has 2 aromatic rings. The van der Waals surface area contributed by atoms with Crippen LogP contribution >= 0.6 is 0 Å². The predicted octanol–water partition coefficient (Wildman–Crippen LogP) is 3.10. The summed E-state index contributed by atoms with van der Waals surface area (Å²) >= 11 is 0. The lowest BCUT2D eigenvalue weighted by molar-refractivity contribution is 0.0680. The maximum atomic E-state index is 12.5. The van der Waals surface area contributed by atoms with E-state index in [0.29, 0.717) is 18.2 Å². The summed E-state index contributed by atoms with van der Waals surface area (Å²) in [7, 11) is 1.70. The molecule has 0 aliphatic carbocycles. The summed E-state index contributed by atoms with van der Waals surface area (Å²) in [6, 6.07) is 9.91. The molecule has 3 rings (SSSR count). The molecule has 27 heavy (non-hydrogen) atoms. The summed E-state index contributed by atoms with van der Waals surface area (Å²) in [5.74, 6) is 1.37. The van der Waals surface area contributed by atoms with Gasteiger partial charge in [-0.15, -0.1) is 0 Å². The van der Waals surface area contributed by atoms with E-state index in [0.717, 1.165) is 44.8 Å². The monoisotopic (exact) mass is 371 g/mol. The van der Waals surface area contributed by atoms with Crippen LogP contribution in [0.5, 0.6) is 5.75 Å². The molecule has 6 heteroatoms. The number of hydrogen-bond acceptors (Lipinski definition) is 5. The third kappa shape index (κ3) is 5.32. The number of methoxy groups -OCH3 is 1. The molecule has 1 saturated heterocycles. The van der Waals surface area contributed by atoms with E-state index in [9.17, 15) is 4.79 Å². The van der Waals surface area contributed by atoms with Crippen LogP contribution in [0.1, 0.15) is 35.8 Å². The minimum atomic E-state index is -0.0419. The first-order chi connectivity index (χ1) is 13.2. The van der Waals surface area contributed by atoms with E-state index in [1.165, 1.54) is 18.2 Å². The normalized spacial score (nSPS) is 17.6. The van der Waals surface area contributed by atoms with E-state index in [1.54, 1.807) is 13.2 Å². The predicted molar refractivity (Wildman–Crippen MR) is 104 cm³/mol. The van der Waals surface area contributed by atoms with Gasteiger partial charge in [0.2, 0.25) is 0 Å². The van der Waals surface area contributed by atoms with Crippen molar-refractivity contribution in [3.05, 3.63) is 47.9 Å². The molecule has 1 fully saturated rings. The Labute approximate surface area is 161 Å². The average molecular weight is 371 g/mol. The van der Waals surface area contributed by atoms with Crippen molar-refractivity contribution in [2.45, 2.75) is 26.2 Å². The summed E-state index contributed by atoms with van der Waals surface area (Å²) in [6.07, 6.45) is 4.80. The minimum absolute atomic E-state index is 0.0419. The number of aromatic nitrogens is 1. The molecule has 0 spiro atoms. The van der Waals surface area contributed by atoms with Crippen LogP contribution in [0.3, 0.4) is 0 Å². The number of nitrogens with zero attached hydrogens (tertiary/aromatic N) is 3. The fourth-order valence-electron chi connectivity index (χ4n) is 3.77. The van der Waals surface area contributed by atoms with E-state index < -0.39 is 0 Å². The van der Waals surface area contributed by atoms with Crippen molar-refractivity contribution in [1.82, 2.24) is 15.0 Å². The molecule has 1 aliphatic heterocycles. The second-order valence-electron chi connectivity index (χ2n) is 7.14. The van der Waals surface area contributed by atoms with Gasteiger partial charge in [0.25, 0.3) is 5.91 Å². The molecule has 1 aromatic heterocycles. The van der Waals surface area contributed by atoms with Gasteiger partial charge in [-0.3, -0.25) is 4.79 Å². The first kappa shape index (κ1) is 19.4. The molecule has 1 aromatic carbocycles. The molecule has 2 heterocycles. The van der Waals surface area contributed by atoms with Gasteiger partial charge >= 0.3 is 0 Å². The molecule has 0 unspecified atom stereocenters. The van der Waals surface area contributed by atoms with Crippen LogP contribution in [-0.4, -0.2) is 60.7 Å². The van der Waals surface area contributed by atoms with Crippen LogP contribution in [0.25, 0.3) is 0 Å². The van der Waals surface area contributed by atoms with Gasteiger partial charge in [0, 0.05) is 32.2 Å². The van der Waals surface area contributed by atoms with Gasteiger partial charge in [0.15, 0.2) is 5.69 Å². The van der Waals surface area contributed by atoms with Gasteiger partial charge < -0.3 is 19.1 Å². The minimum Gasteiger partial charge on any atom is -0.497 e. The molecule has 0 N–H and O–H groups in total. The lowest BCUT2D eigenvalue weighted by Crippen LogP contribution is -2.43. The maximum Gasteiger partial charge on any atom is 0.276 e. The fourth-order valence-corrected chi connectivity index (χ4v) is 3.77. The smallest absolute Gasteiger partial charge is 0.276 e. The summed E-state index contributed by atoms with van der Waals surface area (Å²) in [5.41, 5.74) is 1.69. The molecule has 1 aliphatic rings. The van der Waals surface area contributed by atoms with Gasteiger partial charge in [-0.05, 0) is 56.3 Å². The molecule has 1 amide bonds. The number of amides is 1. The van der Waals surface area contributed by atoms with E-state index >= 15 is 0 Å². The maximum absolute atomic E-state index is 12.5. The molecule has 0 saturated carbocycles. The summed E-state index contributed by atoms with van der Waals surface area (Å²) in [6.45, 7) is 6.68. The number of likely N-dealkylation sites (tertiary alicyclic amines) is 1. The number of piperidine rings is 1. The van der Waals surface area contributed by atoms with Crippen LogP contribution in [-0.2, 0) is 6.42 Å². The van der Waals surface area contributed by atoms with Gasteiger partial charge in [0.05, 0.1) is 7.11 Å². The Morgan fingerprint density at radius 3 is 3.04 bits per heavy atom. The second kappa shape index (κ2) is 9.55. The Kier molecular flexibility index (Phi) is 6.87. The van der Waals surface area contributed by atoms with Crippen molar-refractivity contribution in [3.8, 4) is 5.75 Å². The van der Waals surface area contributed by atoms with E-state index in [4.69, 9.17) is 9.26 Å². The molecule has 0 radical (unpaired) electrons. The number of hydrogen-bond donors (Lipinski definition) is 0. The molecule has 146 valence electrons. The number of carbonyl (C=O) groups excluding carboxylic acids is 1. The first-order valence-electron chi connectivity index (χ1n) is 9.74. The quantitative estimate of drug-likeness (QED) is 0.714. The van der Waals surface area contributed by atoms with Crippen LogP contribution in [0.2, 0.25) is 0 Å². The first-order valence-corrected chi connectivity index (χ1v) is 9.74. The van der Waals surface area contributed by atoms with Crippen molar-refractivity contribution < 1.29 is 14.1 Å². The zero-order valence-electron chi connectivity index (χ0n) is 16.3. The highest BCUT2D eigenvalue weighted by Gasteiger charge is 2.25. The number of benzene rings is 1. The zero-order chi connectivity index (χ0) is 19.1. The van der Waals surface area contributed by atoms with E-state index in [-0.39, 0.29) is 5.91 Å². The number of ether oxygens (including phenoxy) is 1. The van der Waals surface area contributed by atoms with Gasteiger partial charge in [-0.1, -0.05) is 17.3 Å². The van der Waals surface area contributed by atoms with Crippen LogP contribution < -0.4 is 4.74 Å². The zero-order valence-corrected chi connectivity index (χ0v) is 16.3. The Morgan fingerprint density at radius 1 is 1.41 bits per heavy atom. The van der Waals surface area contributed by atoms with Gasteiger partial charge in [-0.25, -0.2) is 0 Å². The topological polar surface area (TPSA) is 58.8 Å². The van der Waals surface area contributed by atoms with Crippen molar-refractivity contribution in [1.29, 1.82) is 0 Å². The average Bonchev–Trinajstić information content (AvgIpc) is 3.25. The van der Waals surface area contributed by atoms with Crippen molar-refractivity contribution in [3.63, 3.8) is 0 Å². The van der Waals surface area contributed by atoms with Gasteiger partial charge in [0.1, 0.15) is 12.0 Å². The Balaban J connectivity index is 1.51. The third-order valence-corrected chi connectivity index (χ3v) is 5.26. The Hall–Kier alpha value is -2.34. The Bertz CT molecular complexity index is 717. The molecular formula is C21H29N3O3. The molecular weight excluding hydrogens is 342 g/mol. The van der Waals surface area contributed by atoms with Crippen molar-refractivity contribution in [2.75, 3.05) is 39.8 Å². The highest BCUT2D eigenvalue weighted by molar-refractivity contribution is 5.92. The largest absolute Gasteiger partial charge is 0.497 e. The number of rotatable bonds is 8. The Morgan fingerprint density at radius 2 is 2.30 bits per heavy atom. The van der Waals surface area contributed by atoms with Gasteiger partial charge in [-0.2, -0.15) is 0 Å². The highest BCUT2D eigenvalue weighted by Crippen LogP contribution is 2.20. The lowest BCUT2D eigenvalue weighted by Gasteiger charge is -2.35. The van der Waals surface area contributed by atoms with Crippen molar-refractivity contribution >= 4 is 5.91 Å². The van der Waals surface area contributed by atoms with E-state index in [2.05, 4.69) is 22.2 Å². The summed E-state index contributed by atoms with van der Waals surface area (Å²) in [5, 5.41) is 3.78. The summed E-state index contributed by atoms with van der Waals surface area (Å²) in [4.78, 5) is 16.9. The SMILES string of the molecule is CCN(C[C@@H]1CCCN(CCc2cccc(OC)c2)C1)C(=O)c1ccon1. The molecule has 1 atom stereocenters. The van der Waals surface area contributed by atoms with Crippen LogP contribution in [0.15, 0.2) is 41.1 Å². The van der Waals surface area contributed by atoms with Crippen LogP contribution in [0.4, 0.5) is 0 Å². The van der Waals surface area contributed by atoms with Crippen molar-refractivity contribution in [2.24, 2.45) is 5.92 Å². The fraction of sp³-hybridized carbons (Fsp3) is 0.524. The lowest BCUT2D eigenvalue weighted by atomic mass is 9.96. The second-order valence-corrected chi connectivity index (χ2v) is 7.14. The van der Waals surface area contributed by atoms with Crippen LogP contribution in [0, 0.1) is 5.92 Å². The third-order valence-electron chi connectivity index (χ3n) is 5.26. The number of carbonyl (C=O) groups is 1. The van der Waals surface area contributed by atoms with E-state index in [1.807, 2.05) is 24.0 Å². The highest BCUT2D eigenvalue weighted by atomic mass is 16.5. The standard InChI is InChI=1S/C21H29N3O3/c1-3-24(21(25)20-10-13-27-22-20)16-18-7-5-11-23(15-18)12-9-17-6-4-8-19(14-17)26-2/h4,6,8,10,13-14,18H,3,5,7,9,11-12,15-16H2,1-2H3/t18-/m1/s1. The molecule has 0 bridgehead atoms.